The summed E-state index contributed by atoms with van der Waals surface area (Å²) >= 11 is 0. The first-order valence-electron chi connectivity index (χ1n) is 6.74. The summed E-state index contributed by atoms with van der Waals surface area (Å²) in [4.78, 5) is 6.76. The summed E-state index contributed by atoms with van der Waals surface area (Å²) in [6.45, 7) is 0. The van der Waals surface area contributed by atoms with Gasteiger partial charge < -0.3 is 9.47 Å². The van der Waals surface area contributed by atoms with Crippen LogP contribution in [-0.2, 0) is 7.05 Å². The number of rotatable bonds is 2. The number of imidazole rings is 1. The highest BCUT2D eigenvalue weighted by Crippen LogP contribution is 2.26. The van der Waals surface area contributed by atoms with E-state index in [1.54, 1.807) is 6.07 Å². The Kier molecular flexibility index (Phi) is 3.11. The van der Waals surface area contributed by atoms with Crippen molar-refractivity contribution >= 4 is 16.7 Å². The maximum Gasteiger partial charge on any atom is 0.140 e. The molecule has 0 spiro atoms. The summed E-state index contributed by atoms with van der Waals surface area (Å²) in [6, 6.07) is 16.0. The summed E-state index contributed by atoms with van der Waals surface area (Å²) in [7, 11) is 6.02. The third-order valence-electron chi connectivity index (χ3n) is 3.63. The van der Waals surface area contributed by atoms with Crippen LogP contribution >= 0.6 is 0 Å². The van der Waals surface area contributed by atoms with Crippen LogP contribution in [-0.4, -0.2) is 23.6 Å². The zero-order valence-corrected chi connectivity index (χ0v) is 12.3. The molecule has 0 amide bonds. The van der Waals surface area contributed by atoms with Gasteiger partial charge in [0.2, 0.25) is 0 Å². The fraction of sp³-hybridized carbons (Fsp3) is 0.176. The first-order valence-corrected chi connectivity index (χ1v) is 6.74. The lowest BCUT2D eigenvalue weighted by Crippen LogP contribution is -2.08. The van der Waals surface area contributed by atoms with Gasteiger partial charge in [0.1, 0.15) is 5.82 Å². The Morgan fingerprint density at radius 1 is 1.14 bits per heavy atom. The molecule has 0 atom stereocenters. The van der Waals surface area contributed by atoms with Crippen molar-refractivity contribution in [2.45, 2.75) is 0 Å². The van der Waals surface area contributed by atoms with Gasteiger partial charge in [0, 0.05) is 32.4 Å². The summed E-state index contributed by atoms with van der Waals surface area (Å²) < 4.78 is 2.03. The minimum absolute atomic E-state index is 0.652. The maximum absolute atomic E-state index is 9.02. The number of hydrogen-bond donors (Lipinski definition) is 0. The minimum Gasteiger partial charge on any atom is -0.378 e. The second kappa shape index (κ2) is 4.95. The third kappa shape index (κ3) is 2.23. The number of aryl methyl sites for hydroxylation is 1. The van der Waals surface area contributed by atoms with E-state index in [9.17, 15) is 0 Å². The monoisotopic (exact) mass is 276 g/mol. The van der Waals surface area contributed by atoms with E-state index in [1.165, 1.54) is 0 Å². The van der Waals surface area contributed by atoms with Gasteiger partial charge in [-0.15, -0.1) is 0 Å². The third-order valence-corrected chi connectivity index (χ3v) is 3.63. The molecule has 0 saturated heterocycles. The zero-order valence-electron chi connectivity index (χ0n) is 12.3. The van der Waals surface area contributed by atoms with Crippen LogP contribution in [0.4, 0.5) is 5.69 Å². The molecule has 0 radical (unpaired) electrons. The first-order chi connectivity index (χ1) is 10.1. The van der Waals surface area contributed by atoms with E-state index < -0.39 is 0 Å². The van der Waals surface area contributed by atoms with Crippen molar-refractivity contribution in [2.24, 2.45) is 7.05 Å². The lowest BCUT2D eigenvalue weighted by Gasteiger charge is -2.13. The van der Waals surface area contributed by atoms with Crippen molar-refractivity contribution in [3.05, 3.63) is 48.0 Å². The molecule has 0 aliphatic rings. The van der Waals surface area contributed by atoms with Crippen molar-refractivity contribution in [2.75, 3.05) is 19.0 Å². The molecular formula is C17H16N4. The van der Waals surface area contributed by atoms with Gasteiger partial charge in [-0.3, -0.25) is 0 Å². The topological polar surface area (TPSA) is 44.9 Å². The van der Waals surface area contributed by atoms with E-state index in [1.807, 2.05) is 43.9 Å². The van der Waals surface area contributed by atoms with Crippen LogP contribution in [0.15, 0.2) is 42.5 Å². The highest BCUT2D eigenvalue weighted by Gasteiger charge is 2.11. The van der Waals surface area contributed by atoms with Crippen LogP contribution in [0.5, 0.6) is 0 Å². The van der Waals surface area contributed by atoms with Crippen LogP contribution < -0.4 is 4.90 Å². The summed E-state index contributed by atoms with van der Waals surface area (Å²) in [6.07, 6.45) is 0. The molecule has 0 bridgehead atoms. The summed E-state index contributed by atoms with van der Waals surface area (Å²) in [5.41, 5.74) is 4.73. The Balaban J connectivity index is 2.19. The molecule has 21 heavy (non-hydrogen) atoms. The number of anilines is 1. The van der Waals surface area contributed by atoms with E-state index in [4.69, 9.17) is 10.2 Å². The van der Waals surface area contributed by atoms with Gasteiger partial charge >= 0.3 is 0 Å². The fourth-order valence-corrected chi connectivity index (χ4v) is 2.44. The van der Waals surface area contributed by atoms with Crippen LogP contribution in [0.2, 0.25) is 0 Å². The van der Waals surface area contributed by atoms with Gasteiger partial charge in [-0.2, -0.15) is 5.26 Å². The molecule has 0 fully saturated rings. The number of aromatic nitrogens is 2. The predicted octanol–water partition coefficient (Wildman–Crippen LogP) is 3.18. The summed E-state index contributed by atoms with van der Waals surface area (Å²) in [5, 5.41) is 9.02. The molecule has 0 aliphatic heterocycles. The van der Waals surface area contributed by atoms with Crippen LogP contribution in [0.25, 0.3) is 22.4 Å². The van der Waals surface area contributed by atoms with Gasteiger partial charge in [0.15, 0.2) is 0 Å². The molecule has 3 aromatic rings. The van der Waals surface area contributed by atoms with E-state index >= 15 is 0 Å². The van der Waals surface area contributed by atoms with Crippen LogP contribution in [0.1, 0.15) is 5.56 Å². The van der Waals surface area contributed by atoms with Gasteiger partial charge in [0.25, 0.3) is 0 Å². The molecule has 4 nitrogen and oxygen atoms in total. The molecular weight excluding hydrogens is 260 g/mol. The average Bonchev–Trinajstić information content (AvgIpc) is 2.84. The molecule has 0 aliphatic carbocycles. The maximum atomic E-state index is 9.02. The second-order valence-corrected chi connectivity index (χ2v) is 5.25. The summed E-state index contributed by atoms with van der Waals surface area (Å²) in [5.74, 6) is 0.906. The Morgan fingerprint density at radius 2 is 1.95 bits per heavy atom. The molecule has 1 aromatic heterocycles. The standard InChI is InChI=1S/C17H16N4/c1-20(2)14-6-4-5-13(10-14)17-19-15-8-7-12(11-18)9-16(15)21(17)3/h4-10H,1-3H3. The second-order valence-electron chi connectivity index (χ2n) is 5.25. The Bertz CT molecular complexity index is 853. The number of nitriles is 1. The first kappa shape index (κ1) is 13.2. The SMILES string of the molecule is CN(C)c1cccc(-c2nc3ccc(C#N)cc3n2C)c1. The van der Waals surface area contributed by atoms with Crippen LogP contribution in [0.3, 0.4) is 0 Å². The van der Waals surface area contributed by atoms with Gasteiger partial charge in [-0.25, -0.2) is 4.98 Å². The molecule has 3 rings (SSSR count). The van der Waals surface area contributed by atoms with E-state index in [0.29, 0.717) is 5.56 Å². The normalized spacial score (nSPS) is 10.6. The number of fused-ring (bicyclic) bond motifs is 1. The minimum atomic E-state index is 0.652. The molecule has 0 saturated carbocycles. The Hall–Kier alpha value is -2.80. The van der Waals surface area contributed by atoms with Crippen molar-refractivity contribution in [3.8, 4) is 17.5 Å². The van der Waals surface area contributed by atoms with Gasteiger partial charge in [-0.1, -0.05) is 12.1 Å². The number of hydrogen-bond acceptors (Lipinski definition) is 3. The number of benzene rings is 2. The molecule has 4 heteroatoms. The Morgan fingerprint density at radius 3 is 2.67 bits per heavy atom. The van der Waals surface area contributed by atoms with Crippen molar-refractivity contribution < 1.29 is 0 Å². The lowest BCUT2D eigenvalue weighted by molar-refractivity contribution is 0.958. The number of nitrogens with zero attached hydrogens (tertiary/aromatic N) is 4. The quantitative estimate of drug-likeness (QED) is 0.722. The molecule has 104 valence electrons. The average molecular weight is 276 g/mol. The largest absolute Gasteiger partial charge is 0.378 e. The molecule has 1 heterocycles. The molecule has 0 N–H and O–H groups in total. The highest BCUT2D eigenvalue weighted by atomic mass is 15.1. The van der Waals surface area contributed by atoms with E-state index in [0.717, 1.165) is 28.1 Å². The lowest BCUT2D eigenvalue weighted by atomic mass is 10.2. The highest BCUT2D eigenvalue weighted by molar-refractivity contribution is 5.82. The predicted molar refractivity (Wildman–Crippen MR) is 85.2 cm³/mol. The smallest absolute Gasteiger partial charge is 0.140 e. The molecule has 2 aromatic carbocycles. The van der Waals surface area contributed by atoms with Crippen LogP contribution in [0, 0.1) is 11.3 Å². The fourth-order valence-electron chi connectivity index (χ4n) is 2.44. The molecule has 0 unspecified atom stereocenters. The van der Waals surface area contributed by atoms with Gasteiger partial charge in [0.05, 0.1) is 22.7 Å². The zero-order chi connectivity index (χ0) is 15.0. The van der Waals surface area contributed by atoms with Crippen molar-refractivity contribution in [3.63, 3.8) is 0 Å². The van der Waals surface area contributed by atoms with E-state index in [-0.39, 0.29) is 0 Å². The van der Waals surface area contributed by atoms with E-state index in [2.05, 4.69) is 29.2 Å². The Labute approximate surface area is 123 Å². The van der Waals surface area contributed by atoms with Crippen molar-refractivity contribution in [1.82, 2.24) is 9.55 Å². The van der Waals surface area contributed by atoms with Crippen molar-refractivity contribution in [1.29, 1.82) is 5.26 Å². The van der Waals surface area contributed by atoms with Gasteiger partial charge in [-0.05, 0) is 30.3 Å².